The molecule has 1 aliphatic carbocycles. The Morgan fingerprint density at radius 3 is 2.56 bits per heavy atom. The van der Waals surface area contributed by atoms with Crippen molar-refractivity contribution in [3.63, 3.8) is 0 Å². The zero-order valence-electron chi connectivity index (χ0n) is 12.2. The Kier molecular flexibility index (Phi) is 7.00. The minimum absolute atomic E-state index is 0.732. The molecule has 0 spiro atoms. The van der Waals surface area contributed by atoms with E-state index < -0.39 is 0 Å². The van der Waals surface area contributed by atoms with E-state index in [9.17, 15) is 4.79 Å². The highest BCUT2D eigenvalue weighted by molar-refractivity contribution is 5.48. The second kappa shape index (κ2) is 8.29. The van der Waals surface area contributed by atoms with Gasteiger partial charge in [0, 0.05) is 6.42 Å². The molecule has 0 amide bonds. The predicted octanol–water partition coefficient (Wildman–Crippen LogP) is 5.07. The molecule has 0 radical (unpaired) electrons. The van der Waals surface area contributed by atoms with Crippen molar-refractivity contribution in [3.05, 3.63) is 23.3 Å². The number of hydrogen-bond donors (Lipinski definition) is 0. The van der Waals surface area contributed by atoms with Crippen molar-refractivity contribution in [1.82, 2.24) is 0 Å². The summed E-state index contributed by atoms with van der Waals surface area (Å²) >= 11 is 0. The molecule has 1 heteroatoms. The van der Waals surface area contributed by atoms with E-state index in [4.69, 9.17) is 0 Å². The summed E-state index contributed by atoms with van der Waals surface area (Å²) in [5.41, 5.74) is 3.13. The Labute approximate surface area is 112 Å². The summed E-state index contributed by atoms with van der Waals surface area (Å²) in [6.45, 7) is 6.87. The first-order chi connectivity index (χ1) is 8.63. The van der Waals surface area contributed by atoms with E-state index >= 15 is 0 Å². The first-order valence-electron chi connectivity index (χ1n) is 7.42. The van der Waals surface area contributed by atoms with Gasteiger partial charge in [-0.25, -0.2) is 0 Å². The van der Waals surface area contributed by atoms with E-state index in [1.807, 2.05) is 0 Å². The highest BCUT2D eigenvalue weighted by Crippen LogP contribution is 2.30. The van der Waals surface area contributed by atoms with E-state index in [2.05, 4.69) is 32.9 Å². The van der Waals surface area contributed by atoms with Crippen molar-refractivity contribution in [2.45, 2.75) is 65.7 Å². The maximum absolute atomic E-state index is 10.3. The van der Waals surface area contributed by atoms with Crippen LogP contribution in [0, 0.1) is 11.8 Å². The number of aldehydes is 1. The highest BCUT2D eigenvalue weighted by atomic mass is 16.1. The molecule has 0 saturated carbocycles. The van der Waals surface area contributed by atoms with Crippen LogP contribution < -0.4 is 0 Å². The largest absolute Gasteiger partial charge is 0.303 e. The predicted molar refractivity (Wildman–Crippen MR) is 78.6 cm³/mol. The van der Waals surface area contributed by atoms with Gasteiger partial charge in [-0.3, -0.25) is 0 Å². The molecule has 0 aromatic heterocycles. The molecular formula is C17H28O. The molecule has 0 heterocycles. The molecule has 0 unspecified atom stereocenters. The molecule has 1 rings (SSSR count). The van der Waals surface area contributed by atoms with Crippen molar-refractivity contribution in [2.75, 3.05) is 0 Å². The molecule has 102 valence electrons. The lowest BCUT2D eigenvalue weighted by molar-refractivity contribution is -0.107. The summed E-state index contributed by atoms with van der Waals surface area (Å²) in [6, 6.07) is 0. The maximum Gasteiger partial charge on any atom is 0.119 e. The lowest BCUT2D eigenvalue weighted by atomic mass is 9.82. The molecule has 1 nitrogen and oxygen atoms in total. The average molecular weight is 248 g/mol. The summed E-state index contributed by atoms with van der Waals surface area (Å²) in [7, 11) is 0. The molecular weight excluding hydrogens is 220 g/mol. The van der Waals surface area contributed by atoms with Crippen LogP contribution in [-0.2, 0) is 4.79 Å². The van der Waals surface area contributed by atoms with Gasteiger partial charge >= 0.3 is 0 Å². The van der Waals surface area contributed by atoms with Crippen molar-refractivity contribution in [1.29, 1.82) is 0 Å². The Bertz CT molecular complexity index is 310. The van der Waals surface area contributed by atoms with Gasteiger partial charge in [-0.1, -0.05) is 43.6 Å². The van der Waals surface area contributed by atoms with Crippen LogP contribution in [0.3, 0.4) is 0 Å². The van der Waals surface area contributed by atoms with E-state index in [0.29, 0.717) is 0 Å². The Hall–Kier alpha value is -0.850. The monoisotopic (exact) mass is 248 g/mol. The number of carbonyl (C=O) groups excluding carboxylic acids is 1. The van der Waals surface area contributed by atoms with Crippen molar-refractivity contribution < 1.29 is 4.79 Å². The summed E-state index contributed by atoms with van der Waals surface area (Å²) in [5, 5.41) is 0. The van der Waals surface area contributed by atoms with Gasteiger partial charge in [0.2, 0.25) is 0 Å². The second-order valence-electron chi connectivity index (χ2n) is 6.00. The van der Waals surface area contributed by atoms with E-state index in [1.54, 1.807) is 5.57 Å². The van der Waals surface area contributed by atoms with Gasteiger partial charge in [-0.2, -0.15) is 0 Å². The van der Waals surface area contributed by atoms with Gasteiger partial charge in [0.05, 0.1) is 0 Å². The number of hydrogen-bond acceptors (Lipinski definition) is 1. The van der Waals surface area contributed by atoms with Gasteiger partial charge in [0.25, 0.3) is 0 Å². The molecule has 1 aliphatic rings. The lowest BCUT2D eigenvalue weighted by Crippen LogP contribution is -2.11. The number of rotatable bonds is 8. The van der Waals surface area contributed by atoms with Gasteiger partial charge in [0.15, 0.2) is 0 Å². The minimum atomic E-state index is 0.732. The van der Waals surface area contributed by atoms with Crippen LogP contribution in [0.1, 0.15) is 65.7 Å². The average Bonchev–Trinajstić information content (AvgIpc) is 2.35. The summed E-state index contributed by atoms with van der Waals surface area (Å²) in [4.78, 5) is 10.3. The first kappa shape index (κ1) is 15.2. The third-order valence-electron chi connectivity index (χ3n) is 4.06. The molecule has 0 N–H and O–H groups in total. The van der Waals surface area contributed by atoms with Gasteiger partial charge < -0.3 is 4.79 Å². The quantitative estimate of drug-likeness (QED) is 0.433. The van der Waals surface area contributed by atoms with E-state index in [0.717, 1.165) is 31.0 Å². The SMILES string of the molecule is CC1=CC=C(C[C@@H](CCCCC=O)C(C)C)CC1. The van der Waals surface area contributed by atoms with Crippen LogP contribution in [0.25, 0.3) is 0 Å². The van der Waals surface area contributed by atoms with Crippen LogP contribution in [0.15, 0.2) is 23.3 Å². The molecule has 0 fully saturated rings. The number of allylic oxidation sites excluding steroid dienone is 4. The normalized spacial score (nSPS) is 17.3. The minimum Gasteiger partial charge on any atom is -0.303 e. The van der Waals surface area contributed by atoms with Crippen molar-refractivity contribution in [2.24, 2.45) is 11.8 Å². The second-order valence-corrected chi connectivity index (χ2v) is 6.00. The molecule has 1 atom stereocenters. The van der Waals surface area contributed by atoms with Crippen LogP contribution >= 0.6 is 0 Å². The molecule has 0 saturated heterocycles. The molecule has 0 aliphatic heterocycles. The summed E-state index contributed by atoms with van der Waals surface area (Å²) in [6.07, 6.45) is 13.7. The highest BCUT2D eigenvalue weighted by Gasteiger charge is 2.16. The van der Waals surface area contributed by atoms with E-state index in [1.165, 1.54) is 37.7 Å². The molecule has 0 aromatic carbocycles. The maximum atomic E-state index is 10.3. The smallest absolute Gasteiger partial charge is 0.119 e. The van der Waals surface area contributed by atoms with Gasteiger partial charge in [-0.05, 0) is 50.9 Å². The lowest BCUT2D eigenvalue weighted by Gasteiger charge is -2.23. The molecule has 18 heavy (non-hydrogen) atoms. The third kappa shape index (κ3) is 5.66. The van der Waals surface area contributed by atoms with Crippen molar-refractivity contribution >= 4 is 6.29 Å². The van der Waals surface area contributed by atoms with Crippen molar-refractivity contribution in [3.8, 4) is 0 Å². The fourth-order valence-electron chi connectivity index (χ4n) is 2.60. The zero-order valence-corrected chi connectivity index (χ0v) is 12.2. The molecule has 0 aromatic rings. The first-order valence-corrected chi connectivity index (χ1v) is 7.42. The fraction of sp³-hybridized carbons (Fsp3) is 0.706. The van der Waals surface area contributed by atoms with Crippen LogP contribution in [0.2, 0.25) is 0 Å². The number of carbonyl (C=O) groups is 1. The zero-order chi connectivity index (χ0) is 13.4. The fourth-order valence-corrected chi connectivity index (χ4v) is 2.60. The molecule has 0 bridgehead atoms. The third-order valence-corrected chi connectivity index (χ3v) is 4.06. The summed E-state index contributed by atoms with van der Waals surface area (Å²) < 4.78 is 0. The van der Waals surface area contributed by atoms with Crippen LogP contribution in [0.5, 0.6) is 0 Å². The topological polar surface area (TPSA) is 17.1 Å². The Morgan fingerprint density at radius 1 is 1.22 bits per heavy atom. The number of unbranched alkanes of at least 4 members (excludes halogenated alkanes) is 2. The summed E-state index contributed by atoms with van der Waals surface area (Å²) in [5.74, 6) is 1.53. The van der Waals surface area contributed by atoms with Gasteiger partial charge in [-0.15, -0.1) is 0 Å². The Balaban J connectivity index is 2.40. The van der Waals surface area contributed by atoms with Gasteiger partial charge in [0.1, 0.15) is 6.29 Å². The van der Waals surface area contributed by atoms with E-state index in [-0.39, 0.29) is 0 Å². The van der Waals surface area contributed by atoms with Crippen LogP contribution in [-0.4, -0.2) is 6.29 Å². The Morgan fingerprint density at radius 2 is 2.00 bits per heavy atom. The van der Waals surface area contributed by atoms with Crippen LogP contribution in [0.4, 0.5) is 0 Å². The standard InChI is InChI=1S/C17H28O/c1-14(2)17(7-5-4-6-12-18)13-16-10-8-15(3)9-11-16/h8,10,12,14,17H,4-7,9,11,13H2,1-3H3/t17-/m1/s1.